The Morgan fingerprint density at radius 3 is 2.53 bits per heavy atom. The molecule has 0 unspecified atom stereocenters. The van der Waals surface area contributed by atoms with Crippen LogP contribution in [0.5, 0.6) is 0 Å². The van der Waals surface area contributed by atoms with Gasteiger partial charge in [0.25, 0.3) is 11.1 Å². The molecule has 0 aliphatic carbocycles. The number of tetrazole rings is 1. The van der Waals surface area contributed by atoms with Crippen LogP contribution >= 0.6 is 23.8 Å². The Morgan fingerprint density at radius 2 is 1.82 bits per heavy atom. The van der Waals surface area contributed by atoms with Crippen LogP contribution in [0, 0.1) is 0 Å². The van der Waals surface area contributed by atoms with Crippen molar-refractivity contribution in [2.45, 2.75) is 49.8 Å². The minimum absolute atomic E-state index is 0.0227. The Labute approximate surface area is 204 Å². The largest absolute Gasteiger partial charge is 0.691 e. The van der Waals surface area contributed by atoms with Gasteiger partial charge in [-0.1, -0.05) is 18.2 Å². The zero-order valence-corrected chi connectivity index (χ0v) is 20.5. The molecule has 0 atom stereocenters. The number of rotatable bonds is 9. The molecule has 11 nitrogen and oxygen atoms in total. The van der Waals surface area contributed by atoms with Crippen molar-refractivity contribution in [3.05, 3.63) is 54.1 Å². The molecule has 0 saturated carbocycles. The first-order chi connectivity index (χ1) is 16.3. The van der Waals surface area contributed by atoms with E-state index < -0.39 is 5.91 Å². The third-order valence-corrected chi connectivity index (χ3v) is 6.06. The van der Waals surface area contributed by atoms with Crippen molar-refractivity contribution < 1.29 is 24.2 Å². The van der Waals surface area contributed by atoms with Gasteiger partial charge in [0.05, 0.1) is 28.2 Å². The summed E-state index contributed by atoms with van der Waals surface area (Å²) in [5.74, 6) is -0.416. The standard InChI is InChI=1S/C21H24N6O5S2/c1-13(2)26(14(3)4)21(29)33-20-23-24-25-27(20)16-9-7-8-15(12-16)22-19(28)17-10-5-6-11-18(17)34-32-31-30/h5-14,30H,1-4H3,(H,22,28)/p-1. The van der Waals surface area contributed by atoms with Crippen LogP contribution in [0.1, 0.15) is 38.1 Å². The molecule has 3 aromatic rings. The van der Waals surface area contributed by atoms with E-state index in [0.29, 0.717) is 39.0 Å². The van der Waals surface area contributed by atoms with E-state index in [1.54, 1.807) is 53.4 Å². The summed E-state index contributed by atoms with van der Waals surface area (Å²) in [7, 11) is 0. The number of thioether (sulfide) groups is 1. The Morgan fingerprint density at radius 1 is 1.09 bits per heavy atom. The summed E-state index contributed by atoms with van der Waals surface area (Å²) in [6, 6.07) is 13.5. The normalized spacial score (nSPS) is 11.1. The zero-order valence-electron chi connectivity index (χ0n) is 18.9. The van der Waals surface area contributed by atoms with E-state index in [0.717, 1.165) is 11.8 Å². The number of carbonyl (C=O) groups excluding carboxylic acids is 2. The molecule has 0 bridgehead atoms. The molecule has 3 rings (SSSR count). The smallest absolute Gasteiger partial charge is 0.289 e. The van der Waals surface area contributed by atoms with E-state index in [-0.39, 0.29) is 17.3 Å². The van der Waals surface area contributed by atoms with Gasteiger partial charge < -0.3 is 15.5 Å². The van der Waals surface area contributed by atoms with Gasteiger partial charge in [-0.2, -0.15) is 9.02 Å². The van der Waals surface area contributed by atoms with Gasteiger partial charge in [0.15, 0.2) is 0 Å². The predicted molar refractivity (Wildman–Crippen MR) is 125 cm³/mol. The Kier molecular flexibility index (Phi) is 9.01. The van der Waals surface area contributed by atoms with Gasteiger partial charge in [-0.05, 0) is 68.5 Å². The van der Waals surface area contributed by atoms with E-state index in [2.05, 4.69) is 30.2 Å². The highest BCUT2D eigenvalue weighted by atomic mass is 32.2. The molecule has 180 valence electrons. The first kappa shape index (κ1) is 25.6. The Hall–Kier alpha value is -2.97. The highest BCUT2D eigenvalue weighted by Crippen LogP contribution is 2.26. The molecule has 0 fully saturated rings. The molecule has 1 N–H and O–H groups in total. The van der Waals surface area contributed by atoms with E-state index in [9.17, 15) is 14.8 Å². The monoisotopic (exact) mass is 503 g/mol. The number of anilines is 1. The maximum Gasteiger partial charge on any atom is 0.289 e. The fourth-order valence-corrected chi connectivity index (χ4v) is 4.72. The van der Waals surface area contributed by atoms with Gasteiger partial charge in [0, 0.05) is 29.5 Å². The maximum absolute atomic E-state index is 12.8. The lowest BCUT2D eigenvalue weighted by atomic mass is 10.2. The SMILES string of the molecule is CC(C)N(C(=O)Sc1nnnn1-c1cccc(NC(=O)c2ccccc2SOO[O-])c1)C(C)C. The Bertz CT molecular complexity index is 1130. The number of amides is 2. The number of aromatic nitrogens is 4. The number of benzene rings is 2. The third kappa shape index (κ3) is 6.33. The summed E-state index contributed by atoms with van der Waals surface area (Å²) < 4.78 is 5.77. The number of nitrogens with one attached hydrogen (secondary N) is 1. The van der Waals surface area contributed by atoms with Gasteiger partial charge in [0.1, 0.15) is 0 Å². The molecule has 0 spiro atoms. The number of hydrogen-bond acceptors (Lipinski definition) is 10. The van der Waals surface area contributed by atoms with Gasteiger partial charge in [-0.15, -0.1) is 5.10 Å². The minimum atomic E-state index is -0.416. The second-order valence-electron chi connectivity index (χ2n) is 7.56. The van der Waals surface area contributed by atoms with Crippen molar-refractivity contribution in [3.63, 3.8) is 0 Å². The summed E-state index contributed by atoms with van der Waals surface area (Å²) in [5.41, 5.74) is 1.33. The molecular weight excluding hydrogens is 480 g/mol. The van der Waals surface area contributed by atoms with Crippen LogP contribution in [0.25, 0.3) is 5.69 Å². The van der Waals surface area contributed by atoms with E-state index >= 15 is 0 Å². The molecule has 0 aliphatic heterocycles. The van der Waals surface area contributed by atoms with Crippen LogP contribution in [0.15, 0.2) is 58.6 Å². The number of nitrogens with zero attached hydrogens (tertiary/aromatic N) is 5. The first-order valence-corrected chi connectivity index (χ1v) is 11.8. The van der Waals surface area contributed by atoms with E-state index in [4.69, 9.17) is 0 Å². The molecular formula is C21H23N6O5S2-. The molecule has 2 aromatic carbocycles. The molecule has 0 aliphatic rings. The van der Waals surface area contributed by atoms with Crippen LogP contribution in [0.4, 0.5) is 10.5 Å². The van der Waals surface area contributed by atoms with E-state index in [1.807, 2.05) is 27.7 Å². The van der Waals surface area contributed by atoms with Crippen molar-refractivity contribution in [1.29, 1.82) is 0 Å². The fraction of sp³-hybridized carbons (Fsp3) is 0.286. The lowest BCUT2D eigenvalue weighted by Gasteiger charge is -2.29. The minimum Gasteiger partial charge on any atom is -0.691 e. The molecule has 34 heavy (non-hydrogen) atoms. The lowest BCUT2D eigenvalue weighted by Crippen LogP contribution is -2.39. The Balaban J connectivity index is 1.79. The van der Waals surface area contributed by atoms with Crippen molar-refractivity contribution >= 4 is 40.6 Å². The molecule has 2 amide bonds. The first-order valence-electron chi connectivity index (χ1n) is 10.2. The summed E-state index contributed by atoms with van der Waals surface area (Å²) >= 11 is 1.57. The highest BCUT2D eigenvalue weighted by Gasteiger charge is 2.24. The van der Waals surface area contributed by atoms with Crippen molar-refractivity contribution in [2.75, 3.05) is 5.32 Å². The second-order valence-corrected chi connectivity index (χ2v) is 9.22. The lowest BCUT2D eigenvalue weighted by molar-refractivity contribution is -0.777. The van der Waals surface area contributed by atoms with Gasteiger partial charge in [-0.25, -0.2) is 0 Å². The maximum atomic E-state index is 12.8. The van der Waals surface area contributed by atoms with Gasteiger partial charge in [-0.3, -0.25) is 14.6 Å². The highest BCUT2D eigenvalue weighted by molar-refractivity contribution is 8.13. The summed E-state index contributed by atoms with van der Waals surface area (Å²) in [4.78, 5) is 27.8. The van der Waals surface area contributed by atoms with Gasteiger partial charge >= 0.3 is 0 Å². The van der Waals surface area contributed by atoms with Crippen molar-refractivity contribution in [3.8, 4) is 5.69 Å². The molecule has 1 aromatic heterocycles. The molecule has 0 radical (unpaired) electrons. The van der Waals surface area contributed by atoms with Crippen LogP contribution in [0.2, 0.25) is 0 Å². The average molecular weight is 504 g/mol. The summed E-state index contributed by atoms with van der Waals surface area (Å²) in [6.45, 7) is 7.79. The van der Waals surface area contributed by atoms with Gasteiger partial charge in [0.2, 0.25) is 5.16 Å². The second kappa shape index (κ2) is 11.9. The summed E-state index contributed by atoms with van der Waals surface area (Å²) in [6.07, 6.45) is 0. The average Bonchev–Trinajstić information content (AvgIpc) is 3.25. The van der Waals surface area contributed by atoms with Crippen molar-refractivity contribution in [1.82, 2.24) is 25.1 Å². The van der Waals surface area contributed by atoms with Crippen LogP contribution < -0.4 is 10.6 Å². The third-order valence-electron chi connectivity index (χ3n) is 4.57. The zero-order chi connectivity index (χ0) is 24.7. The summed E-state index contributed by atoms with van der Waals surface area (Å²) in [5, 5.41) is 28.1. The number of hydrogen-bond donors (Lipinski definition) is 1. The van der Waals surface area contributed by atoms with E-state index in [1.165, 1.54) is 4.68 Å². The quantitative estimate of drug-likeness (QED) is 0.200. The number of carbonyl (C=O) groups is 2. The predicted octanol–water partition coefficient (Wildman–Crippen LogP) is 3.48. The topological polar surface area (TPSA) is 135 Å². The van der Waals surface area contributed by atoms with Crippen LogP contribution in [0.3, 0.4) is 0 Å². The molecule has 0 saturated heterocycles. The van der Waals surface area contributed by atoms with Crippen LogP contribution in [-0.4, -0.2) is 48.3 Å². The van der Waals surface area contributed by atoms with Crippen LogP contribution in [-0.2, 0) is 9.37 Å². The fourth-order valence-electron chi connectivity index (χ4n) is 3.24. The molecule has 1 heterocycles. The molecule has 13 heteroatoms. The van der Waals surface area contributed by atoms with Crippen molar-refractivity contribution in [2.24, 2.45) is 0 Å².